The average Bonchev–Trinajstić information content (AvgIpc) is 2.52. The second kappa shape index (κ2) is 10.9. The van der Waals surface area contributed by atoms with Gasteiger partial charge < -0.3 is 19.9 Å². The molecule has 0 spiro atoms. The van der Waals surface area contributed by atoms with Crippen molar-refractivity contribution >= 4 is 5.91 Å². The van der Waals surface area contributed by atoms with E-state index >= 15 is 0 Å². The zero-order valence-corrected chi connectivity index (χ0v) is 12.2. The van der Waals surface area contributed by atoms with Gasteiger partial charge in [-0.15, -0.1) is 0 Å². The molecule has 5 heteroatoms. The number of carbonyl (C=O) groups is 1. The molecule has 0 atom stereocenters. The fraction of sp³-hybridized carbons (Fsp3) is 0.438. The van der Waals surface area contributed by atoms with Crippen LogP contribution in [0.25, 0.3) is 0 Å². The van der Waals surface area contributed by atoms with Gasteiger partial charge >= 0.3 is 0 Å². The maximum Gasteiger partial charge on any atom is 0.252 e. The Labute approximate surface area is 125 Å². The summed E-state index contributed by atoms with van der Waals surface area (Å²) in [4.78, 5) is 12.1. The normalized spacial score (nSPS) is 9.81. The van der Waals surface area contributed by atoms with Crippen LogP contribution in [0.5, 0.6) is 0 Å². The predicted octanol–water partition coefficient (Wildman–Crippen LogP) is 0.813. The Morgan fingerprint density at radius 3 is 2.86 bits per heavy atom. The molecule has 1 rings (SSSR count). The fourth-order valence-electron chi connectivity index (χ4n) is 1.64. The number of nitrogens with one attached hydrogen (secondary N) is 1. The molecule has 0 aliphatic rings. The number of benzene rings is 1. The summed E-state index contributed by atoms with van der Waals surface area (Å²) in [6.45, 7) is 2.02. The molecule has 0 aromatic heterocycles. The summed E-state index contributed by atoms with van der Waals surface area (Å²) < 4.78 is 10.2. The van der Waals surface area contributed by atoms with E-state index in [1.165, 1.54) is 0 Å². The van der Waals surface area contributed by atoms with E-state index in [1.807, 2.05) is 6.07 Å². The molecule has 21 heavy (non-hydrogen) atoms. The number of carbonyl (C=O) groups excluding carboxylic acids is 1. The van der Waals surface area contributed by atoms with Gasteiger partial charge in [-0.05, 0) is 18.6 Å². The van der Waals surface area contributed by atoms with E-state index in [2.05, 4.69) is 17.2 Å². The first kappa shape index (κ1) is 17.2. The molecule has 0 saturated heterocycles. The largest absolute Gasteiger partial charge is 0.384 e. The highest BCUT2D eigenvalue weighted by Crippen LogP contribution is 2.07. The molecule has 0 saturated carbocycles. The minimum Gasteiger partial charge on any atom is -0.384 e. The van der Waals surface area contributed by atoms with Crippen LogP contribution in [0, 0.1) is 11.8 Å². The standard InChI is InChI=1S/C16H21NO4/c1-20-12-13-21-11-5-9-17-16(19)15-8-3-2-6-14(15)7-4-10-18/h2-3,6,8,18H,5,9-13H2,1H3,(H,17,19). The van der Waals surface area contributed by atoms with Crippen molar-refractivity contribution in [2.45, 2.75) is 6.42 Å². The van der Waals surface area contributed by atoms with Crippen molar-refractivity contribution in [3.63, 3.8) is 0 Å². The second-order valence-electron chi connectivity index (χ2n) is 4.22. The zero-order chi connectivity index (χ0) is 15.3. The first-order valence-electron chi connectivity index (χ1n) is 6.83. The fourth-order valence-corrected chi connectivity index (χ4v) is 1.64. The number of ether oxygens (including phenoxy) is 2. The Morgan fingerprint density at radius 2 is 2.10 bits per heavy atom. The minimum atomic E-state index is -0.227. The summed E-state index contributed by atoms with van der Waals surface area (Å²) in [5, 5.41) is 11.5. The van der Waals surface area contributed by atoms with Crippen LogP contribution in [0.1, 0.15) is 22.3 Å². The molecule has 0 heterocycles. The highest BCUT2D eigenvalue weighted by Gasteiger charge is 2.08. The van der Waals surface area contributed by atoms with Crippen LogP contribution in [0.4, 0.5) is 0 Å². The number of hydrogen-bond acceptors (Lipinski definition) is 4. The minimum absolute atomic E-state index is 0.172. The van der Waals surface area contributed by atoms with Crippen LogP contribution < -0.4 is 5.32 Å². The molecule has 1 amide bonds. The number of aliphatic hydroxyl groups is 1. The number of rotatable bonds is 8. The van der Waals surface area contributed by atoms with E-state index in [1.54, 1.807) is 25.3 Å². The Hall–Kier alpha value is -1.87. The third-order valence-electron chi connectivity index (χ3n) is 2.66. The molecule has 5 nitrogen and oxygen atoms in total. The molecule has 1 aromatic carbocycles. The molecule has 114 valence electrons. The first-order valence-corrected chi connectivity index (χ1v) is 6.83. The summed E-state index contributed by atoms with van der Waals surface area (Å²) in [5.41, 5.74) is 1.12. The van der Waals surface area contributed by atoms with Crippen molar-refractivity contribution in [3.05, 3.63) is 35.4 Å². The van der Waals surface area contributed by atoms with Crippen molar-refractivity contribution in [3.8, 4) is 11.8 Å². The number of hydrogen-bond donors (Lipinski definition) is 2. The topological polar surface area (TPSA) is 67.8 Å². The van der Waals surface area contributed by atoms with Gasteiger partial charge in [-0.3, -0.25) is 4.79 Å². The summed E-state index contributed by atoms with van der Waals surface area (Å²) in [7, 11) is 1.63. The van der Waals surface area contributed by atoms with E-state index < -0.39 is 0 Å². The third-order valence-corrected chi connectivity index (χ3v) is 2.66. The highest BCUT2D eigenvalue weighted by atomic mass is 16.5. The molecule has 0 bridgehead atoms. The third kappa shape index (κ3) is 6.91. The van der Waals surface area contributed by atoms with Gasteiger partial charge in [0.2, 0.25) is 0 Å². The van der Waals surface area contributed by atoms with Crippen LogP contribution in [-0.2, 0) is 9.47 Å². The van der Waals surface area contributed by atoms with E-state index in [9.17, 15) is 4.79 Å². The maximum absolute atomic E-state index is 12.1. The van der Waals surface area contributed by atoms with Gasteiger partial charge in [-0.1, -0.05) is 24.0 Å². The molecule has 2 N–H and O–H groups in total. The summed E-state index contributed by atoms with van der Waals surface area (Å²) in [6, 6.07) is 7.06. The predicted molar refractivity (Wildman–Crippen MR) is 80.1 cm³/mol. The summed E-state index contributed by atoms with van der Waals surface area (Å²) in [6.07, 6.45) is 0.736. The SMILES string of the molecule is COCCOCCCNC(=O)c1ccccc1C#CCO. The first-order chi connectivity index (χ1) is 10.3. The van der Waals surface area contributed by atoms with Crippen molar-refractivity contribution < 1.29 is 19.4 Å². The van der Waals surface area contributed by atoms with Crippen LogP contribution in [-0.4, -0.2) is 51.1 Å². The van der Waals surface area contributed by atoms with E-state index in [-0.39, 0.29) is 12.5 Å². The summed E-state index contributed by atoms with van der Waals surface area (Å²) >= 11 is 0. The molecular formula is C16H21NO4. The molecular weight excluding hydrogens is 270 g/mol. The van der Waals surface area contributed by atoms with Crippen molar-refractivity contribution in [2.75, 3.05) is 40.1 Å². The van der Waals surface area contributed by atoms with Crippen LogP contribution in [0.3, 0.4) is 0 Å². The average molecular weight is 291 g/mol. The Balaban J connectivity index is 2.38. The summed E-state index contributed by atoms with van der Waals surface area (Å²) in [5.74, 6) is 5.15. The van der Waals surface area contributed by atoms with Crippen molar-refractivity contribution in [2.24, 2.45) is 0 Å². The number of amides is 1. The van der Waals surface area contributed by atoms with Gasteiger partial charge in [0.25, 0.3) is 5.91 Å². The van der Waals surface area contributed by atoms with Gasteiger partial charge in [-0.25, -0.2) is 0 Å². The Morgan fingerprint density at radius 1 is 1.29 bits per heavy atom. The second-order valence-corrected chi connectivity index (χ2v) is 4.22. The van der Waals surface area contributed by atoms with Crippen molar-refractivity contribution in [1.29, 1.82) is 0 Å². The molecule has 0 radical (unpaired) electrons. The number of aliphatic hydroxyl groups excluding tert-OH is 1. The smallest absolute Gasteiger partial charge is 0.252 e. The quantitative estimate of drug-likeness (QED) is 0.549. The maximum atomic E-state index is 12.1. The Bertz CT molecular complexity index is 491. The molecule has 0 aliphatic heterocycles. The molecule has 0 fully saturated rings. The zero-order valence-electron chi connectivity index (χ0n) is 12.2. The van der Waals surface area contributed by atoms with Gasteiger partial charge in [0.1, 0.15) is 6.61 Å². The van der Waals surface area contributed by atoms with E-state index in [0.717, 1.165) is 6.42 Å². The van der Waals surface area contributed by atoms with Gasteiger partial charge in [-0.2, -0.15) is 0 Å². The lowest BCUT2D eigenvalue weighted by Gasteiger charge is -2.07. The number of methoxy groups -OCH3 is 1. The van der Waals surface area contributed by atoms with E-state index in [4.69, 9.17) is 14.6 Å². The lowest BCUT2D eigenvalue weighted by atomic mass is 10.1. The van der Waals surface area contributed by atoms with Gasteiger partial charge in [0.05, 0.1) is 18.8 Å². The lowest BCUT2D eigenvalue weighted by molar-refractivity contribution is 0.0688. The monoisotopic (exact) mass is 291 g/mol. The lowest BCUT2D eigenvalue weighted by Crippen LogP contribution is -2.26. The van der Waals surface area contributed by atoms with Crippen LogP contribution in [0.15, 0.2) is 24.3 Å². The van der Waals surface area contributed by atoms with Crippen molar-refractivity contribution in [1.82, 2.24) is 5.32 Å². The van der Waals surface area contributed by atoms with Crippen LogP contribution >= 0.6 is 0 Å². The molecule has 1 aromatic rings. The van der Waals surface area contributed by atoms with Crippen LogP contribution in [0.2, 0.25) is 0 Å². The molecule has 0 unspecified atom stereocenters. The van der Waals surface area contributed by atoms with Gasteiger partial charge in [0.15, 0.2) is 0 Å². The Kier molecular flexibility index (Phi) is 8.89. The van der Waals surface area contributed by atoms with Gasteiger partial charge in [0, 0.05) is 25.8 Å². The highest BCUT2D eigenvalue weighted by molar-refractivity contribution is 5.96. The molecule has 0 aliphatic carbocycles. The van der Waals surface area contributed by atoms with E-state index in [0.29, 0.717) is 37.5 Å².